The molecule has 2 nitrogen and oxygen atoms in total. The number of carbonyl (C=O) groups excluding carboxylic acids is 1. The van der Waals surface area contributed by atoms with Crippen LogP contribution in [0.2, 0.25) is 0 Å². The van der Waals surface area contributed by atoms with E-state index in [0.717, 1.165) is 24.5 Å². The van der Waals surface area contributed by atoms with Gasteiger partial charge in [-0.2, -0.15) is 11.8 Å². The van der Waals surface area contributed by atoms with Crippen LogP contribution in [0.3, 0.4) is 0 Å². The van der Waals surface area contributed by atoms with Crippen molar-refractivity contribution in [2.75, 3.05) is 12.4 Å². The van der Waals surface area contributed by atoms with E-state index in [1.54, 1.807) is 0 Å². The van der Waals surface area contributed by atoms with Crippen LogP contribution in [-0.4, -0.2) is 18.3 Å². The zero-order valence-corrected chi connectivity index (χ0v) is 15.0. The lowest BCUT2D eigenvalue weighted by Crippen LogP contribution is -2.07. The minimum Gasteiger partial charge on any atom is -0.466 e. The van der Waals surface area contributed by atoms with Crippen molar-refractivity contribution in [3.05, 3.63) is 35.9 Å². The van der Waals surface area contributed by atoms with Gasteiger partial charge in [0.1, 0.15) is 0 Å². The van der Waals surface area contributed by atoms with Gasteiger partial charge in [-0.25, -0.2) is 0 Å². The highest BCUT2D eigenvalue weighted by Gasteiger charge is 2.08. The molecule has 0 aliphatic carbocycles. The van der Waals surface area contributed by atoms with E-state index in [1.807, 2.05) is 17.8 Å². The smallest absolute Gasteiger partial charge is 0.306 e. The van der Waals surface area contributed by atoms with E-state index in [0.29, 0.717) is 18.3 Å². The highest BCUT2D eigenvalue weighted by molar-refractivity contribution is 7.99. The molecule has 1 aromatic rings. The van der Waals surface area contributed by atoms with Crippen LogP contribution in [0.15, 0.2) is 30.3 Å². The second-order valence-electron chi connectivity index (χ2n) is 6.14. The number of ether oxygens (including phenoxy) is 1. The van der Waals surface area contributed by atoms with Gasteiger partial charge in [-0.05, 0) is 24.8 Å². The van der Waals surface area contributed by atoms with Gasteiger partial charge in [0.2, 0.25) is 0 Å². The van der Waals surface area contributed by atoms with E-state index in [4.69, 9.17) is 4.74 Å². The molecular weight excluding hydrogens is 292 g/mol. The number of esters is 1. The van der Waals surface area contributed by atoms with Crippen LogP contribution in [0.4, 0.5) is 0 Å². The van der Waals surface area contributed by atoms with Gasteiger partial charge in [0.15, 0.2) is 0 Å². The summed E-state index contributed by atoms with van der Waals surface area (Å²) in [4.78, 5) is 11.7. The summed E-state index contributed by atoms with van der Waals surface area (Å²) >= 11 is 1.81. The van der Waals surface area contributed by atoms with Gasteiger partial charge in [0.05, 0.1) is 13.0 Å². The van der Waals surface area contributed by atoms with Gasteiger partial charge in [-0.15, -0.1) is 0 Å². The van der Waals surface area contributed by atoms with Crippen LogP contribution in [0, 0.1) is 5.92 Å². The SMILES string of the molecule is CC(C)CCCCCOC(=O)CCSC(C)c1ccccc1. The predicted molar refractivity (Wildman–Crippen MR) is 96.2 cm³/mol. The Hall–Kier alpha value is -0.960. The number of rotatable bonds is 11. The molecule has 0 aliphatic heterocycles. The van der Waals surface area contributed by atoms with Gasteiger partial charge >= 0.3 is 5.97 Å². The van der Waals surface area contributed by atoms with Gasteiger partial charge in [0, 0.05) is 11.0 Å². The predicted octanol–water partition coefficient (Wildman–Crippen LogP) is 5.63. The molecule has 1 unspecified atom stereocenters. The molecule has 0 N–H and O–H groups in total. The Kier molecular flexibility index (Phi) is 10.1. The van der Waals surface area contributed by atoms with E-state index >= 15 is 0 Å². The average Bonchev–Trinajstić information content (AvgIpc) is 2.51. The van der Waals surface area contributed by atoms with E-state index in [2.05, 4.69) is 45.0 Å². The quantitative estimate of drug-likeness (QED) is 0.390. The van der Waals surface area contributed by atoms with E-state index in [9.17, 15) is 4.79 Å². The van der Waals surface area contributed by atoms with Crippen molar-refractivity contribution in [1.29, 1.82) is 0 Å². The molecule has 1 aromatic carbocycles. The van der Waals surface area contributed by atoms with E-state index in [-0.39, 0.29) is 5.97 Å². The van der Waals surface area contributed by atoms with Crippen LogP contribution < -0.4 is 0 Å². The van der Waals surface area contributed by atoms with Crippen molar-refractivity contribution in [2.24, 2.45) is 5.92 Å². The monoisotopic (exact) mass is 322 g/mol. The summed E-state index contributed by atoms with van der Waals surface area (Å²) in [5.41, 5.74) is 1.31. The van der Waals surface area contributed by atoms with Gasteiger partial charge in [-0.3, -0.25) is 4.79 Å². The standard InChI is InChI=1S/C19H30O2S/c1-16(2)10-6-5-9-14-21-19(20)13-15-22-17(3)18-11-7-4-8-12-18/h4,7-8,11-12,16-17H,5-6,9-10,13-15H2,1-3H3. The van der Waals surface area contributed by atoms with Crippen LogP contribution in [0.5, 0.6) is 0 Å². The lowest BCUT2D eigenvalue weighted by molar-refractivity contribution is -0.143. The second kappa shape index (κ2) is 11.6. The zero-order chi connectivity index (χ0) is 16.2. The molecule has 0 aromatic heterocycles. The first-order valence-corrected chi connectivity index (χ1v) is 9.46. The number of hydrogen-bond acceptors (Lipinski definition) is 3. The van der Waals surface area contributed by atoms with Gasteiger partial charge in [-0.1, -0.05) is 63.4 Å². The maximum absolute atomic E-state index is 11.7. The number of benzene rings is 1. The molecule has 3 heteroatoms. The molecule has 0 saturated carbocycles. The number of carbonyl (C=O) groups is 1. The van der Waals surface area contributed by atoms with Crippen molar-refractivity contribution in [3.8, 4) is 0 Å². The minimum atomic E-state index is -0.0587. The summed E-state index contributed by atoms with van der Waals surface area (Å²) in [7, 11) is 0. The summed E-state index contributed by atoms with van der Waals surface area (Å²) in [5, 5.41) is 0.421. The summed E-state index contributed by atoms with van der Waals surface area (Å²) in [6, 6.07) is 10.4. The number of unbranched alkanes of at least 4 members (excludes halogenated alkanes) is 2. The Labute approximate surface area is 140 Å². The molecule has 1 rings (SSSR count). The van der Waals surface area contributed by atoms with Crippen molar-refractivity contribution < 1.29 is 9.53 Å². The van der Waals surface area contributed by atoms with E-state index in [1.165, 1.54) is 18.4 Å². The molecular formula is C19H30O2S. The van der Waals surface area contributed by atoms with Crippen molar-refractivity contribution in [2.45, 2.75) is 58.1 Å². The van der Waals surface area contributed by atoms with Crippen LogP contribution >= 0.6 is 11.8 Å². The third-order valence-corrected chi connectivity index (χ3v) is 4.84. The largest absolute Gasteiger partial charge is 0.466 e. The fourth-order valence-electron chi connectivity index (χ4n) is 2.23. The first-order chi connectivity index (χ1) is 10.6. The third-order valence-electron chi connectivity index (χ3n) is 3.63. The van der Waals surface area contributed by atoms with Crippen LogP contribution in [-0.2, 0) is 9.53 Å². The highest BCUT2D eigenvalue weighted by atomic mass is 32.2. The van der Waals surface area contributed by atoms with Crippen molar-refractivity contribution in [3.63, 3.8) is 0 Å². The summed E-state index contributed by atoms with van der Waals surface area (Å²) in [6.07, 6.45) is 5.16. The molecule has 0 amide bonds. The molecule has 0 saturated heterocycles. The van der Waals surface area contributed by atoms with Gasteiger partial charge in [0.25, 0.3) is 0 Å². The topological polar surface area (TPSA) is 26.3 Å². The van der Waals surface area contributed by atoms with Gasteiger partial charge < -0.3 is 4.74 Å². The highest BCUT2D eigenvalue weighted by Crippen LogP contribution is 2.28. The normalized spacial score (nSPS) is 12.4. The summed E-state index contributed by atoms with van der Waals surface area (Å²) < 4.78 is 5.28. The Morgan fingerprint density at radius 2 is 1.82 bits per heavy atom. The third kappa shape index (κ3) is 9.14. The Bertz CT molecular complexity index is 403. The van der Waals surface area contributed by atoms with Crippen molar-refractivity contribution in [1.82, 2.24) is 0 Å². The Morgan fingerprint density at radius 3 is 2.50 bits per heavy atom. The summed E-state index contributed by atoms with van der Waals surface area (Å²) in [5.74, 6) is 1.53. The maximum atomic E-state index is 11.7. The first-order valence-electron chi connectivity index (χ1n) is 8.41. The minimum absolute atomic E-state index is 0.0587. The molecule has 0 radical (unpaired) electrons. The van der Waals surface area contributed by atoms with Crippen LogP contribution in [0.1, 0.15) is 63.7 Å². The lowest BCUT2D eigenvalue weighted by Gasteiger charge is -2.11. The Morgan fingerprint density at radius 1 is 1.09 bits per heavy atom. The lowest BCUT2D eigenvalue weighted by atomic mass is 10.1. The second-order valence-corrected chi connectivity index (χ2v) is 7.59. The van der Waals surface area contributed by atoms with E-state index < -0.39 is 0 Å². The molecule has 124 valence electrons. The fourth-order valence-corrected chi connectivity index (χ4v) is 3.22. The fraction of sp³-hybridized carbons (Fsp3) is 0.632. The number of hydrogen-bond donors (Lipinski definition) is 0. The first kappa shape index (κ1) is 19.1. The maximum Gasteiger partial charge on any atom is 0.306 e. The molecule has 0 aliphatic rings. The molecule has 0 heterocycles. The van der Waals surface area contributed by atoms with Crippen LogP contribution in [0.25, 0.3) is 0 Å². The number of thioether (sulfide) groups is 1. The molecule has 0 bridgehead atoms. The Balaban J connectivity index is 2.01. The summed E-state index contributed by atoms with van der Waals surface area (Å²) in [6.45, 7) is 7.25. The zero-order valence-electron chi connectivity index (χ0n) is 14.2. The average molecular weight is 323 g/mol. The van der Waals surface area contributed by atoms with Crippen molar-refractivity contribution >= 4 is 17.7 Å². The molecule has 0 fully saturated rings. The molecule has 0 spiro atoms. The molecule has 22 heavy (non-hydrogen) atoms. The molecule has 1 atom stereocenters.